The molecule has 0 aromatic heterocycles. The van der Waals surface area contributed by atoms with Gasteiger partial charge in [0.05, 0.1) is 0 Å². The van der Waals surface area contributed by atoms with Crippen LogP contribution in [0.4, 0.5) is 0 Å². The van der Waals surface area contributed by atoms with Crippen molar-refractivity contribution in [2.24, 2.45) is 5.92 Å². The SMILES string of the molecule is CCC1CC(=O)N(CC=C(C)C(=O)O)C1. The number of carboxylic acids is 1. The van der Waals surface area contributed by atoms with Crippen molar-refractivity contribution in [3.63, 3.8) is 0 Å². The Kier molecular flexibility index (Phi) is 3.88. The van der Waals surface area contributed by atoms with Gasteiger partial charge in [-0.05, 0) is 12.8 Å². The van der Waals surface area contributed by atoms with E-state index in [1.807, 2.05) is 0 Å². The molecule has 1 saturated heterocycles. The molecular weight excluding hydrogens is 194 g/mol. The van der Waals surface area contributed by atoms with Gasteiger partial charge in [0.2, 0.25) is 5.91 Å². The first kappa shape index (κ1) is 11.8. The quantitative estimate of drug-likeness (QED) is 0.712. The number of hydrogen-bond donors (Lipinski definition) is 1. The monoisotopic (exact) mass is 211 g/mol. The number of likely N-dealkylation sites (tertiary alicyclic amines) is 1. The summed E-state index contributed by atoms with van der Waals surface area (Å²) in [5, 5.41) is 8.65. The van der Waals surface area contributed by atoms with E-state index in [1.54, 1.807) is 17.9 Å². The fourth-order valence-corrected chi connectivity index (χ4v) is 1.64. The van der Waals surface area contributed by atoms with Crippen LogP contribution in [0.2, 0.25) is 0 Å². The molecule has 1 atom stereocenters. The Hall–Kier alpha value is -1.32. The highest BCUT2D eigenvalue weighted by Crippen LogP contribution is 2.20. The molecule has 1 heterocycles. The number of hydrogen-bond acceptors (Lipinski definition) is 2. The second-order valence-electron chi connectivity index (χ2n) is 3.97. The Morgan fingerprint density at radius 2 is 2.33 bits per heavy atom. The Labute approximate surface area is 89.6 Å². The molecule has 1 amide bonds. The van der Waals surface area contributed by atoms with Gasteiger partial charge in [-0.3, -0.25) is 4.79 Å². The zero-order chi connectivity index (χ0) is 11.4. The molecule has 1 rings (SSSR count). The highest BCUT2D eigenvalue weighted by atomic mass is 16.4. The second-order valence-corrected chi connectivity index (χ2v) is 3.97. The number of carbonyl (C=O) groups is 2. The zero-order valence-corrected chi connectivity index (χ0v) is 9.19. The number of carboxylic acid groups (broad SMARTS) is 1. The Bertz CT molecular complexity index is 296. The lowest BCUT2D eigenvalue weighted by Gasteiger charge is -2.13. The van der Waals surface area contributed by atoms with Crippen LogP contribution in [0.15, 0.2) is 11.6 Å². The van der Waals surface area contributed by atoms with E-state index in [-0.39, 0.29) is 5.91 Å². The van der Waals surface area contributed by atoms with Crippen molar-refractivity contribution >= 4 is 11.9 Å². The van der Waals surface area contributed by atoms with Gasteiger partial charge in [-0.1, -0.05) is 19.4 Å². The predicted molar refractivity (Wildman–Crippen MR) is 56.4 cm³/mol. The van der Waals surface area contributed by atoms with Crippen LogP contribution in [0.25, 0.3) is 0 Å². The van der Waals surface area contributed by atoms with E-state index < -0.39 is 5.97 Å². The molecule has 1 N–H and O–H groups in total. The van der Waals surface area contributed by atoms with Crippen molar-refractivity contribution < 1.29 is 14.7 Å². The van der Waals surface area contributed by atoms with Crippen molar-refractivity contribution in [2.45, 2.75) is 26.7 Å². The molecule has 1 unspecified atom stereocenters. The molecule has 84 valence electrons. The normalized spacial score (nSPS) is 22.3. The van der Waals surface area contributed by atoms with E-state index in [0.717, 1.165) is 13.0 Å². The molecule has 1 aliphatic rings. The van der Waals surface area contributed by atoms with Crippen LogP contribution in [-0.4, -0.2) is 35.0 Å². The van der Waals surface area contributed by atoms with Crippen LogP contribution in [0, 0.1) is 5.92 Å². The predicted octanol–water partition coefficient (Wildman–Crippen LogP) is 1.28. The van der Waals surface area contributed by atoms with Crippen LogP contribution in [-0.2, 0) is 9.59 Å². The van der Waals surface area contributed by atoms with Crippen LogP contribution in [0.5, 0.6) is 0 Å². The maximum atomic E-state index is 11.5. The van der Waals surface area contributed by atoms with Crippen molar-refractivity contribution in [1.29, 1.82) is 0 Å². The van der Waals surface area contributed by atoms with Crippen molar-refractivity contribution in [2.75, 3.05) is 13.1 Å². The third-order valence-electron chi connectivity index (χ3n) is 2.83. The van der Waals surface area contributed by atoms with Crippen LogP contribution >= 0.6 is 0 Å². The molecule has 4 nitrogen and oxygen atoms in total. The summed E-state index contributed by atoms with van der Waals surface area (Å²) in [6.07, 6.45) is 3.21. The van der Waals surface area contributed by atoms with E-state index in [2.05, 4.69) is 6.92 Å². The molecule has 0 bridgehead atoms. The van der Waals surface area contributed by atoms with Crippen LogP contribution in [0.1, 0.15) is 26.7 Å². The van der Waals surface area contributed by atoms with Gasteiger partial charge in [-0.25, -0.2) is 4.79 Å². The Morgan fingerprint density at radius 3 is 2.80 bits per heavy atom. The first-order chi connectivity index (χ1) is 7.04. The minimum Gasteiger partial charge on any atom is -0.478 e. The number of amides is 1. The van der Waals surface area contributed by atoms with Crippen LogP contribution in [0.3, 0.4) is 0 Å². The van der Waals surface area contributed by atoms with E-state index in [0.29, 0.717) is 24.5 Å². The summed E-state index contributed by atoms with van der Waals surface area (Å²) in [5.74, 6) is -0.346. The number of rotatable bonds is 4. The lowest BCUT2D eigenvalue weighted by molar-refractivity contribution is -0.133. The lowest BCUT2D eigenvalue weighted by atomic mass is 10.1. The van der Waals surface area contributed by atoms with Gasteiger partial charge in [-0.15, -0.1) is 0 Å². The minimum absolute atomic E-state index is 0.135. The van der Waals surface area contributed by atoms with Gasteiger partial charge in [0.15, 0.2) is 0 Å². The van der Waals surface area contributed by atoms with Crippen LogP contribution < -0.4 is 0 Å². The Morgan fingerprint density at radius 1 is 1.67 bits per heavy atom. The maximum Gasteiger partial charge on any atom is 0.331 e. The van der Waals surface area contributed by atoms with Gasteiger partial charge in [0.25, 0.3) is 0 Å². The molecular formula is C11H17NO3. The van der Waals surface area contributed by atoms with Crippen molar-refractivity contribution in [3.8, 4) is 0 Å². The topological polar surface area (TPSA) is 57.6 Å². The molecule has 0 spiro atoms. The standard InChI is InChI=1S/C11H17NO3/c1-3-9-6-10(13)12(7-9)5-4-8(2)11(14)15/h4,9H,3,5-7H2,1-2H3,(H,14,15). The summed E-state index contributed by atoms with van der Waals surface area (Å²) < 4.78 is 0. The maximum absolute atomic E-state index is 11.5. The number of nitrogens with zero attached hydrogens (tertiary/aromatic N) is 1. The third-order valence-corrected chi connectivity index (χ3v) is 2.83. The van der Waals surface area contributed by atoms with Gasteiger partial charge in [0.1, 0.15) is 0 Å². The fourth-order valence-electron chi connectivity index (χ4n) is 1.64. The lowest BCUT2D eigenvalue weighted by Crippen LogP contribution is -2.25. The van der Waals surface area contributed by atoms with E-state index in [9.17, 15) is 9.59 Å². The molecule has 4 heteroatoms. The highest BCUT2D eigenvalue weighted by Gasteiger charge is 2.27. The molecule has 1 aliphatic heterocycles. The minimum atomic E-state index is -0.923. The second kappa shape index (κ2) is 4.96. The molecule has 0 aliphatic carbocycles. The molecule has 1 fully saturated rings. The first-order valence-electron chi connectivity index (χ1n) is 5.22. The Balaban J connectivity index is 2.50. The summed E-state index contributed by atoms with van der Waals surface area (Å²) in [6, 6.07) is 0. The average Bonchev–Trinajstić information content (AvgIpc) is 2.55. The number of aliphatic carboxylic acids is 1. The van der Waals surface area contributed by atoms with Crippen molar-refractivity contribution in [3.05, 3.63) is 11.6 Å². The highest BCUT2D eigenvalue weighted by molar-refractivity contribution is 5.86. The fraction of sp³-hybridized carbons (Fsp3) is 0.636. The summed E-state index contributed by atoms with van der Waals surface area (Å²) in [7, 11) is 0. The van der Waals surface area contributed by atoms with Gasteiger partial charge in [-0.2, -0.15) is 0 Å². The van der Waals surface area contributed by atoms with E-state index >= 15 is 0 Å². The summed E-state index contributed by atoms with van der Waals surface area (Å²) in [4.78, 5) is 23.7. The van der Waals surface area contributed by atoms with E-state index in [1.165, 1.54) is 0 Å². The molecule has 0 saturated carbocycles. The smallest absolute Gasteiger partial charge is 0.331 e. The number of carbonyl (C=O) groups excluding carboxylic acids is 1. The first-order valence-corrected chi connectivity index (χ1v) is 5.22. The largest absolute Gasteiger partial charge is 0.478 e. The zero-order valence-electron chi connectivity index (χ0n) is 9.19. The van der Waals surface area contributed by atoms with Crippen molar-refractivity contribution in [1.82, 2.24) is 4.90 Å². The third kappa shape index (κ3) is 3.08. The van der Waals surface area contributed by atoms with Gasteiger partial charge in [0, 0.05) is 25.1 Å². The molecule has 0 aromatic carbocycles. The summed E-state index contributed by atoms with van der Waals surface area (Å²) in [5.41, 5.74) is 0.294. The van der Waals surface area contributed by atoms with Gasteiger partial charge >= 0.3 is 5.97 Å². The summed E-state index contributed by atoms with van der Waals surface area (Å²) in [6.45, 7) is 4.80. The molecule has 0 radical (unpaired) electrons. The molecule has 15 heavy (non-hydrogen) atoms. The van der Waals surface area contributed by atoms with Gasteiger partial charge < -0.3 is 10.0 Å². The molecule has 0 aromatic rings. The average molecular weight is 211 g/mol. The van der Waals surface area contributed by atoms with E-state index in [4.69, 9.17) is 5.11 Å². The summed E-state index contributed by atoms with van der Waals surface area (Å²) >= 11 is 0.